The first-order chi connectivity index (χ1) is 12.8. The molecule has 146 valence electrons. The highest BCUT2D eigenvalue weighted by molar-refractivity contribution is 5.94. The number of carbonyl (C=O) groups is 1. The number of nitrogens with zero attached hydrogens (tertiary/aromatic N) is 3. The Morgan fingerprint density at radius 3 is 2.52 bits per heavy atom. The third-order valence-corrected chi connectivity index (χ3v) is 4.59. The molecule has 0 aliphatic carbocycles. The van der Waals surface area contributed by atoms with Gasteiger partial charge in [-0.2, -0.15) is 13.2 Å². The first-order valence-electron chi connectivity index (χ1n) is 8.47. The number of methoxy groups -OCH3 is 1. The van der Waals surface area contributed by atoms with Crippen molar-refractivity contribution in [2.24, 2.45) is 0 Å². The van der Waals surface area contributed by atoms with Gasteiger partial charge in [-0.3, -0.25) is 4.79 Å². The van der Waals surface area contributed by atoms with Gasteiger partial charge in [-0.1, -0.05) is 17.3 Å². The number of alkyl halides is 3. The lowest BCUT2D eigenvalue weighted by Gasteiger charge is -2.37. The van der Waals surface area contributed by atoms with E-state index < -0.39 is 11.7 Å². The number of rotatable bonds is 4. The van der Waals surface area contributed by atoms with Gasteiger partial charge in [-0.05, 0) is 19.1 Å². The van der Waals surface area contributed by atoms with Crippen LogP contribution in [0.3, 0.4) is 0 Å². The van der Waals surface area contributed by atoms with Crippen molar-refractivity contribution in [3.63, 3.8) is 0 Å². The SMILES string of the molecule is COCc1c(C(=O)N2CCN(c3ccccc3C(F)(F)F)CC2)noc1C. The van der Waals surface area contributed by atoms with Crippen molar-refractivity contribution in [3.05, 3.63) is 46.8 Å². The summed E-state index contributed by atoms with van der Waals surface area (Å²) in [6.07, 6.45) is -4.42. The summed E-state index contributed by atoms with van der Waals surface area (Å²) in [5, 5.41) is 3.82. The summed E-state index contributed by atoms with van der Waals surface area (Å²) in [7, 11) is 1.51. The third-order valence-electron chi connectivity index (χ3n) is 4.59. The molecular weight excluding hydrogens is 363 g/mol. The van der Waals surface area contributed by atoms with Crippen molar-refractivity contribution in [1.29, 1.82) is 0 Å². The van der Waals surface area contributed by atoms with Crippen LogP contribution >= 0.6 is 0 Å². The second-order valence-electron chi connectivity index (χ2n) is 6.29. The fourth-order valence-corrected chi connectivity index (χ4v) is 3.16. The summed E-state index contributed by atoms with van der Waals surface area (Å²) in [6.45, 7) is 3.09. The predicted molar refractivity (Wildman–Crippen MR) is 91.5 cm³/mol. The van der Waals surface area contributed by atoms with E-state index in [0.717, 1.165) is 6.07 Å². The minimum atomic E-state index is -4.42. The summed E-state index contributed by atoms with van der Waals surface area (Å²) in [5.74, 6) is 0.209. The number of carbonyl (C=O) groups excluding carboxylic acids is 1. The second-order valence-corrected chi connectivity index (χ2v) is 6.29. The first kappa shape index (κ1) is 19.2. The molecule has 0 radical (unpaired) electrons. The predicted octanol–water partition coefficient (Wildman–Crippen LogP) is 3.11. The summed E-state index contributed by atoms with van der Waals surface area (Å²) in [6, 6.07) is 5.48. The van der Waals surface area contributed by atoms with Gasteiger partial charge in [0.05, 0.1) is 17.7 Å². The molecule has 0 saturated carbocycles. The summed E-state index contributed by atoms with van der Waals surface area (Å²) in [5.41, 5.74) is 0.250. The molecule has 9 heteroatoms. The van der Waals surface area contributed by atoms with E-state index in [9.17, 15) is 18.0 Å². The van der Waals surface area contributed by atoms with Crippen molar-refractivity contribution in [2.75, 3.05) is 38.2 Å². The lowest BCUT2D eigenvalue weighted by molar-refractivity contribution is -0.137. The molecule has 1 amide bonds. The Labute approximate surface area is 154 Å². The molecule has 6 nitrogen and oxygen atoms in total. The monoisotopic (exact) mass is 383 g/mol. The van der Waals surface area contributed by atoms with Crippen LogP contribution in [0.2, 0.25) is 0 Å². The highest BCUT2D eigenvalue weighted by Gasteiger charge is 2.36. The third kappa shape index (κ3) is 3.92. The molecule has 0 atom stereocenters. The Balaban J connectivity index is 1.72. The molecule has 0 unspecified atom stereocenters. The number of amides is 1. The maximum Gasteiger partial charge on any atom is 0.418 e. The van der Waals surface area contributed by atoms with E-state index in [1.807, 2.05) is 0 Å². The summed E-state index contributed by atoms with van der Waals surface area (Å²) in [4.78, 5) is 15.9. The highest BCUT2D eigenvalue weighted by atomic mass is 19.4. The smallest absolute Gasteiger partial charge is 0.380 e. The van der Waals surface area contributed by atoms with Crippen molar-refractivity contribution in [1.82, 2.24) is 10.1 Å². The van der Waals surface area contributed by atoms with Crippen LogP contribution in [0.1, 0.15) is 27.4 Å². The number of benzene rings is 1. The quantitative estimate of drug-likeness (QED) is 0.812. The highest BCUT2D eigenvalue weighted by Crippen LogP contribution is 2.36. The van der Waals surface area contributed by atoms with Crippen molar-refractivity contribution in [3.8, 4) is 0 Å². The maximum absolute atomic E-state index is 13.2. The second kappa shape index (κ2) is 7.59. The molecule has 2 heterocycles. The first-order valence-corrected chi connectivity index (χ1v) is 8.47. The van der Waals surface area contributed by atoms with E-state index >= 15 is 0 Å². The molecule has 27 heavy (non-hydrogen) atoms. The number of piperazine rings is 1. The minimum Gasteiger partial charge on any atom is -0.380 e. The Kier molecular flexibility index (Phi) is 5.41. The van der Waals surface area contributed by atoms with Crippen LogP contribution in [-0.2, 0) is 17.5 Å². The van der Waals surface area contributed by atoms with Gasteiger partial charge >= 0.3 is 6.18 Å². The van der Waals surface area contributed by atoms with E-state index in [1.54, 1.807) is 22.8 Å². The zero-order valence-electron chi connectivity index (χ0n) is 15.0. The lowest BCUT2D eigenvalue weighted by Crippen LogP contribution is -2.49. The molecule has 1 aromatic carbocycles. The number of halogens is 3. The fourth-order valence-electron chi connectivity index (χ4n) is 3.16. The standard InChI is InChI=1S/C18H20F3N3O3/c1-12-13(11-26-2)16(22-27-12)17(25)24-9-7-23(8-10-24)15-6-4-3-5-14(15)18(19,20)21/h3-6H,7-11H2,1-2H3. The molecule has 1 fully saturated rings. The van der Waals surface area contributed by atoms with Gasteiger partial charge in [-0.15, -0.1) is 0 Å². The Morgan fingerprint density at radius 1 is 1.22 bits per heavy atom. The molecular formula is C18H20F3N3O3. The van der Waals surface area contributed by atoms with Crippen LogP contribution in [0, 0.1) is 6.92 Å². The van der Waals surface area contributed by atoms with Gasteiger partial charge < -0.3 is 19.1 Å². The van der Waals surface area contributed by atoms with Crippen LogP contribution in [-0.4, -0.2) is 49.3 Å². The average molecular weight is 383 g/mol. The van der Waals surface area contributed by atoms with Crippen molar-refractivity contribution in [2.45, 2.75) is 19.7 Å². The molecule has 0 N–H and O–H groups in total. The Bertz CT molecular complexity index is 812. The number of hydrogen-bond donors (Lipinski definition) is 0. The molecule has 1 aliphatic heterocycles. The van der Waals surface area contributed by atoms with E-state index in [2.05, 4.69) is 5.16 Å². The van der Waals surface area contributed by atoms with Crippen molar-refractivity contribution < 1.29 is 27.2 Å². The molecule has 1 saturated heterocycles. The zero-order chi connectivity index (χ0) is 19.6. The normalized spacial score (nSPS) is 15.3. The zero-order valence-corrected chi connectivity index (χ0v) is 15.0. The summed E-state index contributed by atoms with van der Waals surface area (Å²) >= 11 is 0. The number of anilines is 1. The largest absolute Gasteiger partial charge is 0.418 e. The maximum atomic E-state index is 13.2. The Hall–Kier alpha value is -2.55. The van der Waals surface area contributed by atoms with Crippen LogP contribution in [0.5, 0.6) is 0 Å². The fraction of sp³-hybridized carbons (Fsp3) is 0.444. The van der Waals surface area contributed by atoms with E-state index in [4.69, 9.17) is 9.26 Å². The topological polar surface area (TPSA) is 58.8 Å². The number of para-hydroxylation sites is 1. The molecule has 1 aliphatic rings. The van der Waals surface area contributed by atoms with Crippen LogP contribution < -0.4 is 4.90 Å². The number of aromatic nitrogens is 1. The van der Waals surface area contributed by atoms with Gasteiger partial charge in [0.25, 0.3) is 5.91 Å². The average Bonchev–Trinajstić information content (AvgIpc) is 3.02. The number of hydrogen-bond acceptors (Lipinski definition) is 5. The van der Waals surface area contributed by atoms with E-state index in [-0.39, 0.29) is 23.9 Å². The lowest BCUT2D eigenvalue weighted by atomic mass is 10.1. The van der Waals surface area contributed by atoms with Gasteiger partial charge in [0.15, 0.2) is 5.69 Å². The molecule has 2 aromatic rings. The van der Waals surface area contributed by atoms with Crippen LogP contribution in [0.25, 0.3) is 0 Å². The van der Waals surface area contributed by atoms with E-state index in [0.29, 0.717) is 37.5 Å². The summed E-state index contributed by atoms with van der Waals surface area (Å²) < 4.78 is 49.9. The molecule has 0 spiro atoms. The molecule has 1 aromatic heterocycles. The Morgan fingerprint density at radius 2 is 1.89 bits per heavy atom. The number of ether oxygens (including phenoxy) is 1. The minimum absolute atomic E-state index is 0.134. The van der Waals surface area contributed by atoms with Gasteiger partial charge in [0.2, 0.25) is 0 Å². The van der Waals surface area contributed by atoms with Crippen LogP contribution in [0.15, 0.2) is 28.8 Å². The number of aryl methyl sites for hydroxylation is 1. The van der Waals surface area contributed by atoms with Gasteiger partial charge in [-0.25, -0.2) is 0 Å². The van der Waals surface area contributed by atoms with Gasteiger partial charge in [0.1, 0.15) is 5.76 Å². The van der Waals surface area contributed by atoms with E-state index in [1.165, 1.54) is 19.2 Å². The van der Waals surface area contributed by atoms with Crippen molar-refractivity contribution >= 4 is 11.6 Å². The van der Waals surface area contributed by atoms with Crippen LogP contribution in [0.4, 0.5) is 18.9 Å². The molecule has 3 rings (SSSR count). The van der Waals surface area contributed by atoms with Gasteiger partial charge in [0, 0.05) is 39.0 Å². The molecule has 0 bridgehead atoms.